The average molecular weight is 265 g/mol. The highest BCUT2D eigenvalue weighted by Crippen LogP contribution is 2.36. The van der Waals surface area contributed by atoms with Gasteiger partial charge in [-0.25, -0.2) is 0 Å². The summed E-state index contributed by atoms with van der Waals surface area (Å²) in [6.07, 6.45) is 0. The molecule has 3 aromatic rings. The lowest BCUT2D eigenvalue weighted by molar-refractivity contribution is 0.554. The molecule has 1 heterocycles. The molecule has 0 bridgehead atoms. The summed E-state index contributed by atoms with van der Waals surface area (Å²) in [5.74, 6) is 1.35. The third-order valence-electron chi connectivity index (χ3n) is 3.70. The molecule has 2 N–H and O–H groups in total. The van der Waals surface area contributed by atoms with E-state index in [1.807, 2.05) is 18.2 Å². The van der Waals surface area contributed by atoms with Crippen LogP contribution in [0, 0.1) is 0 Å². The first-order valence-corrected chi connectivity index (χ1v) is 7.01. The van der Waals surface area contributed by atoms with Gasteiger partial charge in [0.05, 0.1) is 6.54 Å². The number of nitrogens with two attached hydrogens (primary N) is 1. The SMILES string of the molecule is CC(C)c1ccc2oc(CN)c(-c3ccccc3)c2c1. The lowest BCUT2D eigenvalue weighted by Crippen LogP contribution is -1.96. The van der Waals surface area contributed by atoms with E-state index < -0.39 is 0 Å². The van der Waals surface area contributed by atoms with Crippen molar-refractivity contribution in [1.29, 1.82) is 0 Å². The normalized spacial score (nSPS) is 11.4. The van der Waals surface area contributed by atoms with Crippen LogP contribution in [0.15, 0.2) is 52.9 Å². The van der Waals surface area contributed by atoms with Crippen LogP contribution in [0.1, 0.15) is 31.1 Å². The highest BCUT2D eigenvalue weighted by molar-refractivity contribution is 5.96. The van der Waals surface area contributed by atoms with Gasteiger partial charge in [-0.05, 0) is 29.2 Å². The Morgan fingerprint density at radius 3 is 2.45 bits per heavy atom. The minimum atomic E-state index is 0.413. The lowest BCUT2D eigenvalue weighted by Gasteiger charge is -2.06. The molecule has 0 aliphatic heterocycles. The number of hydrogen-bond acceptors (Lipinski definition) is 2. The number of hydrogen-bond donors (Lipinski definition) is 1. The van der Waals surface area contributed by atoms with Crippen LogP contribution in [-0.4, -0.2) is 0 Å². The minimum absolute atomic E-state index is 0.413. The summed E-state index contributed by atoms with van der Waals surface area (Å²) in [4.78, 5) is 0. The van der Waals surface area contributed by atoms with Gasteiger partial charge in [-0.1, -0.05) is 50.2 Å². The molecule has 0 spiro atoms. The van der Waals surface area contributed by atoms with E-state index in [0.717, 1.165) is 27.9 Å². The van der Waals surface area contributed by atoms with Gasteiger partial charge in [0.15, 0.2) is 0 Å². The maximum Gasteiger partial charge on any atom is 0.135 e. The third-order valence-corrected chi connectivity index (χ3v) is 3.70. The first kappa shape index (κ1) is 12.9. The topological polar surface area (TPSA) is 39.2 Å². The number of furan rings is 1. The number of rotatable bonds is 3. The van der Waals surface area contributed by atoms with Crippen LogP contribution in [0.2, 0.25) is 0 Å². The fourth-order valence-corrected chi connectivity index (χ4v) is 2.59. The average Bonchev–Trinajstić information content (AvgIpc) is 2.85. The minimum Gasteiger partial charge on any atom is -0.459 e. The highest BCUT2D eigenvalue weighted by atomic mass is 16.3. The highest BCUT2D eigenvalue weighted by Gasteiger charge is 2.15. The molecule has 0 amide bonds. The van der Waals surface area contributed by atoms with Crippen molar-refractivity contribution in [3.8, 4) is 11.1 Å². The van der Waals surface area contributed by atoms with Gasteiger partial charge in [-0.15, -0.1) is 0 Å². The molecule has 3 rings (SSSR count). The van der Waals surface area contributed by atoms with Crippen molar-refractivity contribution >= 4 is 11.0 Å². The monoisotopic (exact) mass is 265 g/mol. The van der Waals surface area contributed by atoms with Gasteiger partial charge < -0.3 is 10.2 Å². The molecular weight excluding hydrogens is 246 g/mol. The molecule has 2 nitrogen and oxygen atoms in total. The van der Waals surface area contributed by atoms with Crippen LogP contribution in [0.4, 0.5) is 0 Å². The van der Waals surface area contributed by atoms with Crippen LogP contribution in [0.5, 0.6) is 0 Å². The molecule has 0 aliphatic carbocycles. The molecule has 0 unspecified atom stereocenters. The maximum atomic E-state index is 5.91. The van der Waals surface area contributed by atoms with Crippen LogP contribution in [0.3, 0.4) is 0 Å². The predicted molar refractivity (Wildman–Crippen MR) is 83.6 cm³/mol. The summed E-state index contributed by atoms with van der Waals surface area (Å²) in [6, 6.07) is 16.7. The maximum absolute atomic E-state index is 5.91. The second kappa shape index (κ2) is 5.14. The van der Waals surface area contributed by atoms with E-state index >= 15 is 0 Å². The summed E-state index contributed by atoms with van der Waals surface area (Å²) >= 11 is 0. The van der Waals surface area contributed by atoms with Gasteiger partial charge in [0, 0.05) is 10.9 Å². The summed E-state index contributed by atoms with van der Waals surface area (Å²) < 4.78 is 5.91. The molecule has 0 saturated heterocycles. The molecule has 0 saturated carbocycles. The zero-order valence-electron chi connectivity index (χ0n) is 11.9. The Balaban J connectivity index is 2.30. The van der Waals surface area contributed by atoms with Crippen LogP contribution in [0.25, 0.3) is 22.1 Å². The molecule has 0 radical (unpaired) electrons. The van der Waals surface area contributed by atoms with Gasteiger partial charge in [0.2, 0.25) is 0 Å². The third kappa shape index (κ3) is 2.12. The summed E-state index contributed by atoms with van der Waals surface area (Å²) in [5.41, 5.74) is 10.4. The van der Waals surface area contributed by atoms with E-state index in [1.165, 1.54) is 5.56 Å². The van der Waals surface area contributed by atoms with Gasteiger partial charge in [-0.2, -0.15) is 0 Å². The summed E-state index contributed by atoms with van der Waals surface area (Å²) in [7, 11) is 0. The first-order valence-electron chi connectivity index (χ1n) is 7.01. The Bertz CT molecular complexity index is 726. The van der Waals surface area contributed by atoms with E-state index in [0.29, 0.717) is 12.5 Å². The second-order valence-electron chi connectivity index (χ2n) is 5.38. The molecule has 0 aliphatic rings. The van der Waals surface area contributed by atoms with Gasteiger partial charge in [0.25, 0.3) is 0 Å². The molecule has 0 fully saturated rings. The quantitative estimate of drug-likeness (QED) is 0.746. The van der Waals surface area contributed by atoms with E-state index in [1.54, 1.807) is 0 Å². The fourth-order valence-electron chi connectivity index (χ4n) is 2.59. The second-order valence-corrected chi connectivity index (χ2v) is 5.38. The first-order chi connectivity index (χ1) is 9.70. The lowest BCUT2D eigenvalue weighted by atomic mass is 9.97. The van der Waals surface area contributed by atoms with Crippen LogP contribution < -0.4 is 5.73 Å². The van der Waals surface area contributed by atoms with Gasteiger partial charge in [0.1, 0.15) is 11.3 Å². The van der Waals surface area contributed by atoms with Crippen molar-refractivity contribution in [1.82, 2.24) is 0 Å². The number of fused-ring (bicyclic) bond motifs is 1. The van der Waals surface area contributed by atoms with Crippen molar-refractivity contribution in [3.05, 3.63) is 59.9 Å². The van der Waals surface area contributed by atoms with Crippen LogP contribution in [-0.2, 0) is 6.54 Å². The van der Waals surface area contributed by atoms with Gasteiger partial charge in [-0.3, -0.25) is 0 Å². The smallest absolute Gasteiger partial charge is 0.135 e. The Morgan fingerprint density at radius 1 is 1.05 bits per heavy atom. The van der Waals surface area contributed by atoms with E-state index in [4.69, 9.17) is 10.2 Å². The molecule has 2 aromatic carbocycles. The van der Waals surface area contributed by atoms with Crippen molar-refractivity contribution in [2.75, 3.05) is 0 Å². The molecule has 2 heteroatoms. The summed E-state index contributed by atoms with van der Waals surface area (Å²) in [5, 5.41) is 1.16. The fraction of sp³-hybridized carbons (Fsp3) is 0.222. The largest absolute Gasteiger partial charge is 0.459 e. The van der Waals surface area contributed by atoms with E-state index in [-0.39, 0.29) is 0 Å². The molecule has 1 aromatic heterocycles. The van der Waals surface area contributed by atoms with E-state index in [2.05, 4.69) is 44.2 Å². The summed E-state index contributed by atoms with van der Waals surface area (Å²) in [6.45, 7) is 4.82. The predicted octanol–water partition coefficient (Wildman–Crippen LogP) is 4.68. The van der Waals surface area contributed by atoms with Crippen molar-refractivity contribution in [2.24, 2.45) is 5.73 Å². The van der Waals surface area contributed by atoms with Crippen LogP contribution >= 0.6 is 0 Å². The van der Waals surface area contributed by atoms with Crippen molar-refractivity contribution in [3.63, 3.8) is 0 Å². The Morgan fingerprint density at radius 2 is 1.80 bits per heavy atom. The molecule has 102 valence electrons. The Kier molecular flexibility index (Phi) is 3.33. The molecule has 20 heavy (non-hydrogen) atoms. The standard InChI is InChI=1S/C18H19NO/c1-12(2)14-8-9-16-15(10-14)18(17(11-19)20-16)13-6-4-3-5-7-13/h3-10,12H,11,19H2,1-2H3. The molecule has 0 atom stereocenters. The Labute approximate surface area is 119 Å². The van der Waals surface area contributed by atoms with E-state index in [9.17, 15) is 0 Å². The van der Waals surface area contributed by atoms with Crippen molar-refractivity contribution in [2.45, 2.75) is 26.3 Å². The molecular formula is C18H19NO. The van der Waals surface area contributed by atoms with Crippen molar-refractivity contribution < 1.29 is 4.42 Å². The van der Waals surface area contributed by atoms with Gasteiger partial charge >= 0.3 is 0 Å². The number of benzene rings is 2. The zero-order chi connectivity index (χ0) is 14.1. The zero-order valence-corrected chi connectivity index (χ0v) is 11.9. The Hall–Kier alpha value is -2.06.